The Bertz CT molecular complexity index is 358. The molecule has 1 rings (SSSR count). The van der Waals surface area contributed by atoms with Crippen molar-refractivity contribution in [3.8, 4) is 0 Å². The van der Waals surface area contributed by atoms with Crippen molar-refractivity contribution in [2.45, 2.75) is 24.6 Å². The van der Waals surface area contributed by atoms with E-state index in [1.54, 1.807) is 18.3 Å². The summed E-state index contributed by atoms with van der Waals surface area (Å²) in [5.41, 5.74) is 0.435. The van der Waals surface area contributed by atoms with Crippen molar-refractivity contribution in [2.24, 2.45) is 0 Å². The van der Waals surface area contributed by atoms with Crippen LogP contribution in [-0.4, -0.2) is 22.3 Å². The van der Waals surface area contributed by atoms with Crippen molar-refractivity contribution in [2.75, 3.05) is 6.54 Å². The highest BCUT2D eigenvalue weighted by Crippen LogP contribution is 2.13. The minimum absolute atomic E-state index is 0.136. The van der Waals surface area contributed by atoms with Crippen LogP contribution in [0.5, 0.6) is 0 Å². The first kappa shape index (κ1) is 13.6. The molecule has 0 aliphatic heterocycles. The molecule has 0 aromatic carbocycles. The van der Waals surface area contributed by atoms with E-state index >= 15 is 0 Å². The maximum Gasteiger partial charge on any atom is 0.271 e. The first-order valence-corrected chi connectivity index (χ1v) is 6.88. The molecule has 1 heterocycles. The molecule has 1 aromatic rings. The summed E-state index contributed by atoms with van der Waals surface area (Å²) in [5.74, 6) is -0.136. The van der Waals surface area contributed by atoms with Crippen LogP contribution >= 0.6 is 31.9 Å². The molecular formula is C11H14Br2N2O. The summed E-state index contributed by atoms with van der Waals surface area (Å²) in [5, 5.41) is 2.84. The summed E-state index contributed by atoms with van der Waals surface area (Å²) in [7, 11) is 0. The van der Waals surface area contributed by atoms with E-state index in [2.05, 4.69) is 49.1 Å². The normalized spacial score (nSPS) is 12.2. The Balaban J connectivity index is 2.44. The molecule has 1 aromatic heterocycles. The van der Waals surface area contributed by atoms with Crippen LogP contribution in [0.3, 0.4) is 0 Å². The Hall–Kier alpha value is -0.420. The fraction of sp³-hybridized carbons (Fsp3) is 0.455. The number of hydrogen-bond acceptors (Lipinski definition) is 2. The van der Waals surface area contributed by atoms with E-state index in [-0.39, 0.29) is 5.91 Å². The molecule has 5 heteroatoms. The smallest absolute Gasteiger partial charge is 0.271 e. The van der Waals surface area contributed by atoms with Crippen LogP contribution < -0.4 is 5.32 Å². The Labute approximate surface area is 112 Å². The number of rotatable bonds is 5. The lowest BCUT2D eigenvalue weighted by Gasteiger charge is -2.08. The summed E-state index contributed by atoms with van der Waals surface area (Å²) in [4.78, 5) is 16.2. The Morgan fingerprint density at radius 3 is 3.00 bits per heavy atom. The lowest BCUT2D eigenvalue weighted by molar-refractivity contribution is 0.0947. The predicted octanol–water partition coefficient (Wildman–Crippen LogP) is 3.14. The second-order valence-electron chi connectivity index (χ2n) is 3.38. The number of pyridine rings is 1. The van der Waals surface area contributed by atoms with Gasteiger partial charge in [0.25, 0.3) is 5.91 Å². The van der Waals surface area contributed by atoms with Gasteiger partial charge in [0.15, 0.2) is 0 Å². The van der Waals surface area contributed by atoms with E-state index in [1.807, 2.05) is 0 Å². The molecule has 0 radical (unpaired) electrons. The largest absolute Gasteiger partial charge is 0.351 e. The highest BCUT2D eigenvalue weighted by Gasteiger charge is 2.10. The fourth-order valence-electron chi connectivity index (χ4n) is 1.18. The minimum Gasteiger partial charge on any atom is -0.351 e. The molecule has 0 saturated carbocycles. The number of carbonyl (C=O) groups is 1. The summed E-state index contributed by atoms with van der Waals surface area (Å²) >= 11 is 6.82. The van der Waals surface area contributed by atoms with E-state index < -0.39 is 0 Å². The van der Waals surface area contributed by atoms with Crippen LogP contribution in [0.15, 0.2) is 22.8 Å². The quantitative estimate of drug-likeness (QED) is 0.830. The molecule has 3 nitrogen and oxygen atoms in total. The Morgan fingerprint density at radius 1 is 1.62 bits per heavy atom. The van der Waals surface area contributed by atoms with Crippen molar-refractivity contribution < 1.29 is 4.79 Å². The van der Waals surface area contributed by atoms with Gasteiger partial charge in [0, 0.05) is 22.0 Å². The minimum atomic E-state index is -0.136. The molecule has 1 unspecified atom stereocenters. The highest BCUT2D eigenvalue weighted by molar-refractivity contribution is 9.10. The van der Waals surface area contributed by atoms with Gasteiger partial charge in [-0.05, 0) is 40.9 Å². The van der Waals surface area contributed by atoms with Crippen molar-refractivity contribution in [3.05, 3.63) is 28.5 Å². The first-order valence-electron chi connectivity index (χ1n) is 5.18. The molecule has 0 spiro atoms. The van der Waals surface area contributed by atoms with Crippen molar-refractivity contribution in [3.63, 3.8) is 0 Å². The first-order chi connectivity index (χ1) is 7.65. The van der Waals surface area contributed by atoms with Crippen molar-refractivity contribution >= 4 is 37.8 Å². The van der Waals surface area contributed by atoms with Gasteiger partial charge >= 0.3 is 0 Å². The van der Waals surface area contributed by atoms with Gasteiger partial charge in [-0.15, -0.1) is 0 Å². The van der Waals surface area contributed by atoms with Crippen LogP contribution in [0.4, 0.5) is 0 Å². The van der Waals surface area contributed by atoms with Crippen LogP contribution in [-0.2, 0) is 0 Å². The van der Waals surface area contributed by atoms with Gasteiger partial charge in [-0.2, -0.15) is 0 Å². The average molecular weight is 350 g/mol. The molecule has 16 heavy (non-hydrogen) atoms. The van der Waals surface area contributed by atoms with Gasteiger partial charge in [-0.3, -0.25) is 4.79 Å². The molecule has 0 saturated heterocycles. The monoisotopic (exact) mass is 348 g/mol. The number of amides is 1. The van der Waals surface area contributed by atoms with E-state index in [0.29, 0.717) is 17.1 Å². The third-order valence-corrected chi connectivity index (χ3v) is 3.90. The summed E-state index contributed by atoms with van der Waals surface area (Å²) < 4.78 is 0.721. The molecule has 0 aliphatic rings. The Kier molecular flexibility index (Phi) is 5.98. The van der Waals surface area contributed by atoms with Gasteiger partial charge in [-0.25, -0.2) is 4.98 Å². The maximum atomic E-state index is 11.7. The predicted molar refractivity (Wildman–Crippen MR) is 71.9 cm³/mol. The fourth-order valence-corrected chi connectivity index (χ4v) is 1.85. The van der Waals surface area contributed by atoms with Gasteiger partial charge in [-0.1, -0.05) is 22.9 Å². The number of aromatic nitrogens is 1. The summed E-state index contributed by atoms with van der Waals surface area (Å²) in [6.45, 7) is 2.77. The van der Waals surface area contributed by atoms with Gasteiger partial charge < -0.3 is 5.32 Å². The SMILES string of the molecule is CCC(Br)CCNC(=O)c1ncccc1Br. The highest BCUT2D eigenvalue weighted by atomic mass is 79.9. The van der Waals surface area contributed by atoms with Gasteiger partial charge in [0.05, 0.1) is 0 Å². The Morgan fingerprint density at radius 2 is 2.38 bits per heavy atom. The second-order valence-corrected chi connectivity index (χ2v) is 5.53. The lowest BCUT2D eigenvalue weighted by atomic mass is 10.2. The maximum absolute atomic E-state index is 11.7. The van der Waals surface area contributed by atoms with E-state index in [4.69, 9.17) is 0 Å². The number of nitrogens with zero attached hydrogens (tertiary/aromatic N) is 1. The molecule has 1 amide bonds. The molecule has 0 bridgehead atoms. The number of halogens is 2. The van der Waals surface area contributed by atoms with Crippen molar-refractivity contribution in [1.29, 1.82) is 0 Å². The van der Waals surface area contributed by atoms with Crippen LogP contribution in [0.1, 0.15) is 30.3 Å². The molecular weight excluding hydrogens is 336 g/mol. The van der Waals surface area contributed by atoms with E-state index in [0.717, 1.165) is 17.3 Å². The van der Waals surface area contributed by atoms with E-state index in [9.17, 15) is 4.79 Å². The topological polar surface area (TPSA) is 42.0 Å². The third kappa shape index (κ3) is 4.22. The number of alkyl halides is 1. The molecule has 0 aliphatic carbocycles. The summed E-state index contributed by atoms with van der Waals surface area (Å²) in [6, 6.07) is 3.59. The van der Waals surface area contributed by atoms with Crippen LogP contribution in [0, 0.1) is 0 Å². The van der Waals surface area contributed by atoms with Crippen LogP contribution in [0.2, 0.25) is 0 Å². The van der Waals surface area contributed by atoms with E-state index in [1.165, 1.54) is 0 Å². The standard InChI is InChI=1S/C11H14Br2N2O/c1-2-8(12)5-7-15-11(16)10-9(13)4-3-6-14-10/h3-4,6,8H,2,5,7H2,1H3,(H,15,16). The average Bonchev–Trinajstić information content (AvgIpc) is 2.29. The zero-order valence-corrected chi connectivity index (χ0v) is 12.2. The molecule has 0 fully saturated rings. The zero-order valence-electron chi connectivity index (χ0n) is 9.04. The van der Waals surface area contributed by atoms with Crippen LogP contribution in [0.25, 0.3) is 0 Å². The zero-order chi connectivity index (χ0) is 12.0. The molecule has 88 valence electrons. The second kappa shape index (κ2) is 7.01. The van der Waals surface area contributed by atoms with Gasteiger partial charge in [0.1, 0.15) is 5.69 Å². The number of carbonyl (C=O) groups excluding carboxylic acids is 1. The van der Waals surface area contributed by atoms with Crippen molar-refractivity contribution in [1.82, 2.24) is 10.3 Å². The molecule has 1 N–H and O–H groups in total. The number of hydrogen-bond donors (Lipinski definition) is 1. The van der Waals surface area contributed by atoms with Gasteiger partial charge in [0.2, 0.25) is 0 Å². The summed E-state index contributed by atoms with van der Waals surface area (Å²) in [6.07, 6.45) is 3.59. The third-order valence-electron chi connectivity index (χ3n) is 2.16. The number of nitrogens with one attached hydrogen (secondary N) is 1. The lowest BCUT2D eigenvalue weighted by Crippen LogP contribution is -2.27. The molecule has 1 atom stereocenters.